The van der Waals surface area contributed by atoms with Gasteiger partial charge in [-0.25, -0.2) is 0 Å². The zero-order chi connectivity index (χ0) is 9.10. The molecule has 0 amide bonds. The first-order valence-corrected chi connectivity index (χ1v) is 4.51. The van der Waals surface area contributed by atoms with E-state index < -0.39 is 0 Å². The number of hydrogen-bond donors (Lipinski definition) is 0. The topological polar surface area (TPSA) is 28.5 Å². The molecule has 3 nitrogen and oxygen atoms in total. The summed E-state index contributed by atoms with van der Waals surface area (Å²) in [5.74, 6) is 1.14. The number of aliphatic imine (C=N–C) groups is 1. The van der Waals surface area contributed by atoms with Gasteiger partial charge >= 0.3 is 0 Å². The second-order valence-electron chi connectivity index (χ2n) is 3.21. The van der Waals surface area contributed by atoms with E-state index in [1.54, 1.807) is 6.20 Å². The molecule has 0 unspecified atom stereocenters. The Hall–Kier alpha value is -1.38. The molecule has 0 saturated carbocycles. The fraction of sp³-hybridized carbons (Fsp3) is 0.400. The van der Waals surface area contributed by atoms with Crippen molar-refractivity contribution in [3.63, 3.8) is 0 Å². The van der Waals surface area contributed by atoms with Crippen molar-refractivity contribution in [2.24, 2.45) is 4.99 Å². The zero-order valence-corrected chi connectivity index (χ0v) is 7.77. The van der Waals surface area contributed by atoms with Crippen molar-refractivity contribution in [2.45, 2.75) is 13.5 Å². The van der Waals surface area contributed by atoms with E-state index in [9.17, 15) is 0 Å². The Bertz CT molecular complexity index is 305. The molecule has 68 valence electrons. The van der Waals surface area contributed by atoms with E-state index in [-0.39, 0.29) is 0 Å². The Morgan fingerprint density at radius 2 is 2.46 bits per heavy atom. The fourth-order valence-corrected chi connectivity index (χ4v) is 1.50. The lowest BCUT2D eigenvalue weighted by atomic mass is 10.2. The first kappa shape index (κ1) is 8.23. The summed E-state index contributed by atoms with van der Waals surface area (Å²) in [6, 6.07) is 4.07. The predicted octanol–water partition coefficient (Wildman–Crippen LogP) is 1.32. The van der Waals surface area contributed by atoms with Crippen LogP contribution in [0.2, 0.25) is 0 Å². The largest absolute Gasteiger partial charge is 0.354 e. The standard InChI is InChI=1S/C10H13N3/c1-9-12-5-6-13(9)8-10-3-2-4-11-7-10/h2-4,7H,5-6,8H2,1H3. The molecule has 0 fully saturated rings. The molecule has 2 rings (SSSR count). The number of pyridine rings is 1. The Morgan fingerprint density at radius 3 is 3.08 bits per heavy atom. The van der Waals surface area contributed by atoms with Crippen LogP contribution in [0.3, 0.4) is 0 Å². The normalized spacial score (nSPS) is 16.1. The van der Waals surface area contributed by atoms with E-state index in [4.69, 9.17) is 0 Å². The first-order chi connectivity index (χ1) is 6.36. The van der Waals surface area contributed by atoms with Gasteiger partial charge in [0.25, 0.3) is 0 Å². The molecule has 0 spiro atoms. The summed E-state index contributed by atoms with van der Waals surface area (Å²) >= 11 is 0. The molecular weight excluding hydrogens is 162 g/mol. The summed E-state index contributed by atoms with van der Waals surface area (Å²) in [6.45, 7) is 4.97. The van der Waals surface area contributed by atoms with E-state index >= 15 is 0 Å². The molecule has 1 aromatic heterocycles. The van der Waals surface area contributed by atoms with Crippen molar-refractivity contribution in [1.29, 1.82) is 0 Å². The summed E-state index contributed by atoms with van der Waals surface area (Å²) in [4.78, 5) is 10.7. The van der Waals surface area contributed by atoms with Crippen LogP contribution in [0.1, 0.15) is 12.5 Å². The molecule has 2 heterocycles. The number of aromatic nitrogens is 1. The maximum Gasteiger partial charge on any atom is 0.0961 e. The molecule has 0 saturated heterocycles. The number of hydrogen-bond acceptors (Lipinski definition) is 3. The lowest BCUT2D eigenvalue weighted by Gasteiger charge is -2.17. The van der Waals surface area contributed by atoms with Gasteiger partial charge in [0.15, 0.2) is 0 Å². The van der Waals surface area contributed by atoms with Gasteiger partial charge in [-0.1, -0.05) is 6.07 Å². The van der Waals surface area contributed by atoms with Crippen LogP contribution in [0.4, 0.5) is 0 Å². The van der Waals surface area contributed by atoms with Crippen LogP contribution in [0.25, 0.3) is 0 Å². The SMILES string of the molecule is CC1=NCCN1Cc1cccnc1. The first-order valence-electron chi connectivity index (χ1n) is 4.51. The molecule has 1 aromatic rings. The van der Waals surface area contributed by atoms with Crippen molar-refractivity contribution in [3.8, 4) is 0 Å². The Morgan fingerprint density at radius 1 is 1.54 bits per heavy atom. The van der Waals surface area contributed by atoms with Gasteiger partial charge in [-0.05, 0) is 18.6 Å². The fourth-order valence-electron chi connectivity index (χ4n) is 1.50. The van der Waals surface area contributed by atoms with Gasteiger partial charge in [0, 0.05) is 25.5 Å². The van der Waals surface area contributed by atoms with Gasteiger partial charge in [-0.3, -0.25) is 9.98 Å². The van der Waals surface area contributed by atoms with Crippen molar-refractivity contribution < 1.29 is 0 Å². The molecule has 0 bridgehead atoms. The van der Waals surface area contributed by atoms with E-state index in [2.05, 4.69) is 27.9 Å². The number of rotatable bonds is 2. The second-order valence-corrected chi connectivity index (χ2v) is 3.21. The zero-order valence-electron chi connectivity index (χ0n) is 7.77. The average molecular weight is 175 g/mol. The molecule has 0 N–H and O–H groups in total. The minimum atomic E-state index is 0.934. The second kappa shape index (κ2) is 3.56. The summed E-state index contributed by atoms with van der Waals surface area (Å²) < 4.78 is 0. The van der Waals surface area contributed by atoms with E-state index in [0.717, 1.165) is 25.5 Å². The average Bonchev–Trinajstić information content (AvgIpc) is 2.54. The summed E-state index contributed by atoms with van der Waals surface area (Å²) in [5.41, 5.74) is 1.25. The molecule has 3 heteroatoms. The number of amidine groups is 1. The quantitative estimate of drug-likeness (QED) is 0.678. The molecular formula is C10H13N3. The Balaban J connectivity index is 2.03. The molecule has 0 atom stereocenters. The molecule has 0 aliphatic carbocycles. The van der Waals surface area contributed by atoms with Gasteiger partial charge in [0.1, 0.15) is 0 Å². The van der Waals surface area contributed by atoms with E-state index in [1.807, 2.05) is 12.3 Å². The van der Waals surface area contributed by atoms with Gasteiger partial charge in [-0.15, -0.1) is 0 Å². The van der Waals surface area contributed by atoms with Crippen molar-refractivity contribution >= 4 is 5.84 Å². The van der Waals surface area contributed by atoms with Crippen molar-refractivity contribution in [2.75, 3.05) is 13.1 Å². The van der Waals surface area contributed by atoms with Gasteiger partial charge in [0.2, 0.25) is 0 Å². The Kier molecular flexibility index (Phi) is 2.25. The monoisotopic (exact) mass is 175 g/mol. The summed E-state index contributed by atoms with van der Waals surface area (Å²) in [7, 11) is 0. The van der Waals surface area contributed by atoms with Crippen LogP contribution in [0.5, 0.6) is 0 Å². The van der Waals surface area contributed by atoms with Crippen LogP contribution < -0.4 is 0 Å². The third kappa shape index (κ3) is 1.86. The molecule has 1 aliphatic rings. The maximum absolute atomic E-state index is 4.34. The molecule has 0 radical (unpaired) electrons. The molecule has 13 heavy (non-hydrogen) atoms. The van der Waals surface area contributed by atoms with Gasteiger partial charge in [-0.2, -0.15) is 0 Å². The highest BCUT2D eigenvalue weighted by atomic mass is 15.2. The minimum Gasteiger partial charge on any atom is -0.354 e. The van der Waals surface area contributed by atoms with Crippen molar-refractivity contribution in [3.05, 3.63) is 30.1 Å². The van der Waals surface area contributed by atoms with Crippen LogP contribution in [0, 0.1) is 0 Å². The maximum atomic E-state index is 4.34. The highest BCUT2D eigenvalue weighted by molar-refractivity contribution is 5.81. The lowest BCUT2D eigenvalue weighted by molar-refractivity contribution is 0.449. The van der Waals surface area contributed by atoms with Crippen LogP contribution >= 0.6 is 0 Å². The predicted molar refractivity (Wildman–Crippen MR) is 52.6 cm³/mol. The van der Waals surface area contributed by atoms with Crippen molar-refractivity contribution in [1.82, 2.24) is 9.88 Å². The third-order valence-corrected chi connectivity index (χ3v) is 2.26. The van der Waals surface area contributed by atoms with E-state index in [0.29, 0.717) is 0 Å². The lowest BCUT2D eigenvalue weighted by Crippen LogP contribution is -2.24. The van der Waals surface area contributed by atoms with E-state index in [1.165, 1.54) is 5.56 Å². The van der Waals surface area contributed by atoms with Crippen LogP contribution in [0.15, 0.2) is 29.5 Å². The van der Waals surface area contributed by atoms with Crippen LogP contribution in [-0.4, -0.2) is 28.8 Å². The van der Waals surface area contributed by atoms with Gasteiger partial charge < -0.3 is 4.90 Å². The third-order valence-electron chi connectivity index (χ3n) is 2.26. The number of nitrogens with zero attached hydrogens (tertiary/aromatic N) is 3. The summed E-state index contributed by atoms with van der Waals surface area (Å²) in [5, 5.41) is 0. The summed E-state index contributed by atoms with van der Waals surface area (Å²) in [6.07, 6.45) is 3.71. The smallest absolute Gasteiger partial charge is 0.0961 e. The highest BCUT2D eigenvalue weighted by Gasteiger charge is 2.11. The Labute approximate surface area is 78.1 Å². The molecule has 1 aliphatic heterocycles. The molecule has 0 aromatic carbocycles. The highest BCUT2D eigenvalue weighted by Crippen LogP contribution is 2.07. The van der Waals surface area contributed by atoms with Gasteiger partial charge in [0.05, 0.1) is 12.4 Å². The minimum absolute atomic E-state index is 0.934. The van der Waals surface area contributed by atoms with Crippen LogP contribution in [-0.2, 0) is 6.54 Å².